The highest BCUT2D eigenvalue weighted by Gasteiger charge is 2.00. The number of hydrogen-bond acceptors (Lipinski definition) is 4. The molecule has 1 aromatic carbocycles. The van der Waals surface area contributed by atoms with Gasteiger partial charge in [0, 0.05) is 18.0 Å². The molecule has 3 aromatic rings. The van der Waals surface area contributed by atoms with Crippen LogP contribution in [0.15, 0.2) is 60.1 Å². The van der Waals surface area contributed by atoms with Gasteiger partial charge in [-0.3, -0.25) is 4.98 Å². The van der Waals surface area contributed by atoms with Crippen molar-refractivity contribution < 1.29 is 0 Å². The van der Waals surface area contributed by atoms with E-state index in [0.717, 1.165) is 22.4 Å². The summed E-state index contributed by atoms with van der Waals surface area (Å²) in [7, 11) is 0. The van der Waals surface area contributed by atoms with E-state index in [1.807, 2.05) is 43.5 Å². The minimum atomic E-state index is 0.382. The Labute approximate surface area is 122 Å². The molecule has 0 saturated carbocycles. The van der Waals surface area contributed by atoms with E-state index >= 15 is 0 Å². The molecule has 0 amide bonds. The molecule has 2 N–H and O–H groups in total. The van der Waals surface area contributed by atoms with Crippen LogP contribution >= 0.6 is 0 Å². The molecular formula is C16H15N5. The van der Waals surface area contributed by atoms with Gasteiger partial charge in [0.2, 0.25) is 5.95 Å². The van der Waals surface area contributed by atoms with Gasteiger partial charge in [0.15, 0.2) is 0 Å². The van der Waals surface area contributed by atoms with Crippen molar-refractivity contribution in [3.8, 4) is 11.1 Å². The Bertz CT molecular complexity index is 774. The number of rotatable bonds is 3. The Balaban J connectivity index is 1.89. The predicted octanol–water partition coefficient (Wildman–Crippen LogP) is 2.72. The lowest BCUT2D eigenvalue weighted by Gasteiger charge is -2.02. The summed E-state index contributed by atoms with van der Waals surface area (Å²) in [4.78, 5) is 8.24. The Kier molecular flexibility index (Phi) is 3.47. The molecule has 104 valence electrons. The molecule has 2 heterocycles. The van der Waals surface area contributed by atoms with Crippen molar-refractivity contribution in [1.29, 1.82) is 0 Å². The van der Waals surface area contributed by atoms with Crippen molar-refractivity contribution in [3.63, 3.8) is 0 Å². The highest BCUT2D eigenvalue weighted by atomic mass is 15.4. The summed E-state index contributed by atoms with van der Waals surface area (Å²) >= 11 is 0. The Morgan fingerprint density at radius 1 is 1.19 bits per heavy atom. The quantitative estimate of drug-likeness (QED) is 0.748. The topological polar surface area (TPSA) is 69.1 Å². The van der Waals surface area contributed by atoms with Gasteiger partial charge in [-0.1, -0.05) is 24.3 Å². The molecule has 0 fully saturated rings. The van der Waals surface area contributed by atoms with E-state index in [4.69, 9.17) is 5.73 Å². The van der Waals surface area contributed by atoms with Crippen molar-refractivity contribution >= 4 is 12.2 Å². The zero-order valence-corrected chi connectivity index (χ0v) is 11.6. The highest BCUT2D eigenvalue weighted by molar-refractivity contribution is 5.82. The van der Waals surface area contributed by atoms with Gasteiger partial charge in [-0.05, 0) is 30.2 Å². The summed E-state index contributed by atoms with van der Waals surface area (Å²) in [6.45, 7) is 1.88. The average Bonchev–Trinajstić information content (AvgIpc) is 2.84. The van der Waals surface area contributed by atoms with E-state index in [-0.39, 0.29) is 0 Å². The van der Waals surface area contributed by atoms with Crippen LogP contribution < -0.4 is 5.73 Å². The molecule has 5 nitrogen and oxygen atoms in total. The van der Waals surface area contributed by atoms with Gasteiger partial charge in [-0.15, -0.1) is 0 Å². The van der Waals surface area contributed by atoms with E-state index in [9.17, 15) is 0 Å². The fourth-order valence-corrected chi connectivity index (χ4v) is 2.06. The van der Waals surface area contributed by atoms with Crippen molar-refractivity contribution in [3.05, 3.63) is 66.2 Å². The number of benzene rings is 1. The first kappa shape index (κ1) is 13.1. The van der Waals surface area contributed by atoms with Crippen LogP contribution in [0.5, 0.6) is 0 Å². The maximum absolute atomic E-state index is 5.76. The first-order valence-corrected chi connectivity index (χ1v) is 6.59. The smallest absolute Gasteiger partial charge is 0.221 e. The molecule has 2 aromatic heterocycles. The molecule has 0 radical (unpaired) electrons. The van der Waals surface area contributed by atoms with Crippen LogP contribution in [-0.4, -0.2) is 20.9 Å². The second kappa shape index (κ2) is 5.58. The maximum atomic E-state index is 5.76. The third kappa shape index (κ3) is 2.97. The van der Waals surface area contributed by atoms with Crippen LogP contribution in [0.25, 0.3) is 11.1 Å². The number of anilines is 1. The maximum Gasteiger partial charge on any atom is 0.221 e. The van der Waals surface area contributed by atoms with Gasteiger partial charge >= 0.3 is 0 Å². The molecule has 21 heavy (non-hydrogen) atoms. The summed E-state index contributed by atoms with van der Waals surface area (Å²) in [6, 6.07) is 12.0. The summed E-state index contributed by atoms with van der Waals surface area (Å²) in [5, 5.41) is 4.32. The zero-order valence-electron chi connectivity index (χ0n) is 11.6. The van der Waals surface area contributed by atoms with E-state index in [0.29, 0.717) is 5.95 Å². The zero-order chi connectivity index (χ0) is 14.7. The average molecular weight is 277 g/mol. The first-order valence-electron chi connectivity index (χ1n) is 6.59. The van der Waals surface area contributed by atoms with Crippen LogP contribution in [0.1, 0.15) is 11.3 Å². The summed E-state index contributed by atoms with van der Waals surface area (Å²) < 4.78 is 1.56. The minimum absolute atomic E-state index is 0.382. The van der Waals surface area contributed by atoms with Crippen LogP contribution in [0.3, 0.4) is 0 Å². The fraction of sp³-hybridized carbons (Fsp3) is 0.0625. The molecular weight excluding hydrogens is 262 g/mol. The number of aromatic nitrogens is 3. The standard InChI is InChI=1S/C16H15N5/c1-12-11-21(16(17)20-12)19-9-13-4-2-5-14(8-13)15-6-3-7-18-10-15/h2-11H,1H3,(H2,17,20). The molecule has 0 unspecified atom stereocenters. The summed E-state index contributed by atoms with van der Waals surface area (Å²) in [5.74, 6) is 0.382. The van der Waals surface area contributed by atoms with Crippen molar-refractivity contribution in [2.75, 3.05) is 5.73 Å². The molecule has 0 bridgehead atoms. The largest absolute Gasteiger partial charge is 0.368 e. The van der Waals surface area contributed by atoms with Gasteiger partial charge in [0.05, 0.1) is 18.1 Å². The van der Waals surface area contributed by atoms with Gasteiger partial charge < -0.3 is 5.73 Å². The number of aryl methyl sites for hydroxylation is 1. The van der Waals surface area contributed by atoms with E-state index in [2.05, 4.69) is 21.1 Å². The Hall–Kier alpha value is -2.95. The van der Waals surface area contributed by atoms with Gasteiger partial charge in [-0.2, -0.15) is 5.10 Å². The van der Waals surface area contributed by atoms with Crippen LogP contribution in [0.2, 0.25) is 0 Å². The fourth-order valence-electron chi connectivity index (χ4n) is 2.06. The lowest BCUT2D eigenvalue weighted by Crippen LogP contribution is -1.97. The van der Waals surface area contributed by atoms with Crippen molar-refractivity contribution in [1.82, 2.24) is 14.6 Å². The number of hydrogen-bond donors (Lipinski definition) is 1. The molecule has 5 heteroatoms. The van der Waals surface area contributed by atoms with Gasteiger partial charge in [-0.25, -0.2) is 9.66 Å². The lowest BCUT2D eigenvalue weighted by molar-refractivity contribution is 0.897. The van der Waals surface area contributed by atoms with Crippen LogP contribution in [0, 0.1) is 6.92 Å². The second-order valence-corrected chi connectivity index (χ2v) is 4.70. The van der Waals surface area contributed by atoms with E-state index in [1.165, 1.54) is 0 Å². The van der Waals surface area contributed by atoms with Crippen molar-refractivity contribution in [2.45, 2.75) is 6.92 Å². The Morgan fingerprint density at radius 3 is 2.76 bits per heavy atom. The molecule has 3 rings (SSSR count). The third-order valence-corrected chi connectivity index (χ3v) is 3.05. The number of pyridine rings is 1. The second-order valence-electron chi connectivity index (χ2n) is 4.70. The third-order valence-electron chi connectivity index (χ3n) is 3.05. The lowest BCUT2D eigenvalue weighted by atomic mass is 10.1. The molecule has 0 atom stereocenters. The monoisotopic (exact) mass is 277 g/mol. The molecule has 0 saturated heterocycles. The minimum Gasteiger partial charge on any atom is -0.368 e. The number of imidazole rings is 1. The summed E-state index contributed by atoms with van der Waals surface area (Å²) in [5.41, 5.74) is 9.76. The molecule has 0 aliphatic heterocycles. The number of nitrogens with zero attached hydrogens (tertiary/aromatic N) is 4. The summed E-state index contributed by atoms with van der Waals surface area (Å²) in [6.07, 6.45) is 7.15. The molecule has 0 aliphatic rings. The van der Waals surface area contributed by atoms with E-state index in [1.54, 1.807) is 23.3 Å². The van der Waals surface area contributed by atoms with Gasteiger partial charge in [0.25, 0.3) is 0 Å². The van der Waals surface area contributed by atoms with E-state index < -0.39 is 0 Å². The van der Waals surface area contributed by atoms with Crippen molar-refractivity contribution in [2.24, 2.45) is 5.10 Å². The normalized spacial score (nSPS) is 11.1. The molecule has 0 spiro atoms. The number of nitrogen functional groups attached to an aromatic ring is 1. The SMILES string of the molecule is Cc1cn(N=Cc2cccc(-c3cccnc3)c2)c(N)n1. The van der Waals surface area contributed by atoms with Crippen LogP contribution in [0.4, 0.5) is 5.95 Å². The Morgan fingerprint density at radius 2 is 2.05 bits per heavy atom. The van der Waals surface area contributed by atoms with Gasteiger partial charge in [0.1, 0.15) is 0 Å². The van der Waals surface area contributed by atoms with Crippen LogP contribution in [-0.2, 0) is 0 Å². The molecule has 0 aliphatic carbocycles. The first-order chi connectivity index (χ1) is 10.2. The number of nitrogens with two attached hydrogens (primary N) is 1. The predicted molar refractivity (Wildman–Crippen MR) is 84.0 cm³/mol. The highest BCUT2D eigenvalue weighted by Crippen LogP contribution is 2.18.